The molecule has 0 aliphatic heterocycles. The minimum atomic E-state index is -1.34. The zero-order valence-electron chi connectivity index (χ0n) is 9.50. The van der Waals surface area contributed by atoms with Crippen LogP contribution < -0.4 is 0 Å². The number of rotatable bonds is 5. The summed E-state index contributed by atoms with van der Waals surface area (Å²) in [5.74, 6) is -1.34. The molecule has 0 radical (unpaired) electrons. The van der Waals surface area contributed by atoms with Crippen LogP contribution >= 0.6 is 0 Å². The summed E-state index contributed by atoms with van der Waals surface area (Å²) < 4.78 is 11.3. The lowest BCUT2D eigenvalue weighted by atomic mass is 10.1. The predicted molar refractivity (Wildman–Crippen MR) is 60.2 cm³/mol. The fourth-order valence-corrected chi connectivity index (χ4v) is 1.81. The van der Waals surface area contributed by atoms with Crippen molar-refractivity contribution in [3.8, 4) is 0 Å². The maximum atomic E-state index is 11.7. The van der Waals surface area contributed by atoms with E-state index in [0.717, 1.165) is 0 Å². The standard InChI is InChI=1S/C11H17NO4/c1-4-8-12(14)9-6-7-10(13)11(9,15-3)16-5-2/h4,6-10,13H,1,5H2,2-3H3/b12-8-/t9-,10+,11-/m0/s1. The highest BCUT2D eigenvalue weighted by Gasteiger charge is 2.53. The molecule has 0 aromatic carbocycles. The molecular formula is C11H17NO4. The van der Waals surface area contributed by atoms with E-state index in [1.54, 1.807) is 13.0 Å². The van der Waals surface area contributed by atoms with Crippen LogP contribution in [-0.2, 0) is 9.47 Å². The number of hydroxylamine groups is 1. The Morgan fingerprint density at radius 3 is 2.81 bits per heavy atom. The lowest BCUT2D eigenvalue weighted by Gasteiger charge is -2.34. The molecule has 0 bridgehead atoms. The first-order valence-electron chi connectivity index (χ1n) is 5.09. The van der Waals surface area contributed by atoms with E-state index >= 15 is 0 Å². The van der Waals surface area contributed by atoms with Crippen LogP contribution in [0, 0.1) is 5.21 Å². The van der Waals surface area contributed by atoms with E-state index in [1.807, 2.05) is 0 Å². The molecule has 1 aliphatic carbocycles. The van der Waals surface area contributed by atoms with Crippen molar-refractivity contribution in [1.82, 2.24) is 0 Å². The van der Waals surface area contributed by atoms with Gasteiger partial charge < -0.3 is 19.8 Å². The number of aliphatic hydroxyl groups excluding tert-OH is 1. The molecule has 0 fully saturated rings. The summed E-state index contributed by atoms with van der Waals surface area (Å²) in [6, 6.07) is -0.717. The highest BCUT2D eigenvalue weighted by Crippen LogP contribution is 2.31. The minimum absolute atomic E-state index is 0.338. The van der Waals surface area contributed by atoms with Crippen molar-refractivity contribution in [2.45, 2.75) is 24.9 Å². The molecule has 1 N–H and O–H groups in total. The quantitative estimate of drug-likeness (QED) is 0.185. The zero-order valence-corrected chi connectivity index (χ0v) is 9.50. The number of hydrogen-bond donors (Lipinski definition) is 1. The monoisotopic (exact) mass is 227 g/mol. The van der Waals surface area contributed by atoms with Crippen LogP contribution in [0.4, 0.5) is 0 Å². The Labute approximate surface area is 94.9 Å². The third-order valence-corrected chi connectivity index (χ3v) is 2.52. The van der Waals surface area contributed by atoms with Gasteiger partial charge in [0.2, 0.25) is 6.04 Å². The van der Waals surface area contributed by atoms with Crippen molar-refractivity contribution in [3.63, 3.8) is 0 Å². The van der Waals surface area contributed by atoms with E-state index in [-0.39, 0.29) is 0 Å². The van der Waals surface area contributed by atoms with Crippen molar-refractivity contribution < 1.29 is 19.3 Å². The summed E-state index contributed by atoms with van der Waals surface area (Å²) >= 11 is 0. The van der Waals surface area contributed by atoms with Crippen molar-refractivity contribution in [2.24, 2.45) is 0 Å². The highest BCUT2D eigenvalue weighted by molar-refractivity contribution is 5.65. The van der Waals surface area contributed by atoms with E-state index in [2.05, 4.69) is 6.58 Å². The van der Waals surface area contributed by atoms with E-state index in [1.165, 1.54) is 25.5 Å². The average Bonchev–Trinajstić information content (AvgIpc) is 2.58. The van der Waals surface area contributed by atoms with E-state index in [9.17, 15) is 10.3 Å². The third-order valence-electron chi connectivity index (χ3n) is 2.52. The molecule has 0 saturated carbocycles. The summed E-state index contributed by atoms with van der Waals surface area (Å²) in [5, 5.41) is 21.5. The minimum Gasteiger partial charge on any atom is -0.623 e. The van der Waals surface area contributed by atoms with Gasteiger partial charge in [0.1, 0.15) is 6.10 Å². The molecule has 0 aromatic heterocycles. The largest absolute Gasteiger partial charge is 0.623 e. The first-order chi connectivity index (χ1) is 7.62. The van der Waals surface area contributed by atoms with Crippen molar-refractivity contribution in [3.05, 3.63) is 30.0 Å². The Kier molecular flexibility index (Phi) is 4.23. The molecule has 90 valence electrons. The van der Waals surface area contributed by atoms with Gasteiger partial charge in [0.25, 0.3) is 5.79 Å². The molecule has 3 atom stereocenters. The second-order valence-corrected chi connectivity index (χ2v) is 3.38. The molecule has 0 heterocycles. The summed E-state index contributed by atoms with van der Waals surface area (Å²) in [5.41, 5.74) is 0. The molecule has 5 heteroatoms. The fraction of sp³-hybridized carbons (Fsp3) is 0.545. The van der Waals surface area contributed by atoms with Crippen LogP contribution in [0.25, 0.3) is 0 Å². The number of ether oxygens (including phenoxy) is 2. The molecule has 0 saturated heterocycles. The molecule has 0 unspecified atom stereocenters. The Balaban J connectivity index is 3.03. The van der Waals surface area contributed by atoms with Gasteiger partial charge in [-0.25, -0.2) is 0 Å². The highest BCUT2D eigenvalue weighted by atomic mass is 16.7. The molecular weight excluding hydrogens is 210 g/mol. The van der Waals surface area contributed by atoms with Crippen molar-refractivity contribution in [2.75, 3.05) is 13.7 Å². The van der Waals surface area contributed by atoms with Crippen LogP contribution in [-0.4, -0.2) is 47.7 Å². The van der Waals surface area contributed by atoms with Crippen molar-refractivity contribution in [1.29, 1.82) is 0 Å². The van der Waals surface area contributed by atoms with Crippen LogP contribution in [0.2, 0.25) is 0 Å². The van der Waals surface area contributed by atoms with Crippen LogP contribution in [0.3, 0.4) is 0 Å². The lowest BCUT2D eigenvalue weighted by molar-refractivity contribution is -0.533. The van der Waals surface area contributed by atoms with Gasteiger partial charge in [0, 0.05) is 13.7 Å². The number of nitrogens with zero attached hydrogens (tertiary/aromatic N) is 1. The smallest absolute Gasteiger partial charge is 0.267 e. The maximum absolute atomic E-state index is 11.7. The number of hydrogen-bond acceptors (Lipinski definition) is 4. The number of aliphatic hydroxyl groups is 1. The summed E-state index contributed by atoms with van der Waals surface area (Å²) in [6.07, 6.45) is 4.73. The molecule has 16 heavy (non-hydrogen) atoms. The molecule has 1 aliphatic rings. The van der Waals surface area contributed by atoms with Crippen LogP contribution in [0.5, 0.6) is 0 Å². The van der Waals surface area contributed by atoms with Crippen LogP contribution in [0.15, 0.2) is 24.8 Å². The molecule has 1 rings (SSSR count). The summed E-state index contributed by atoms with van der Waals surface area (Å²) in [4.78, 5) is 0. The topological polar surface area (TPSA) is 64.8 Å². The first kappa shape index (κ1) is 12.9. The van der Waals surface area contributed by atoms with Crippen LogP contribution in [0.1, 0.15) is 6.92 Å². The predicted octanol–water partition coefficient (Wildman–Crippen LogP) is 0.432. The SMILES string of the molecule is C=C/C=[N+](\[O-])[C@H]1C=C[C@@H](O)[C@@]1(OC)OCC. The van der Waals surface area contributed by atoms with E-state index in [4.69, 9.17) is 9.47 Å². The van der Waals surface area contributed by atoms with Gasteiger partial charge in [-0.2, -0.15) is 4.74 Å². The second kappa shape index (κ2) is 5.25. The van der Waals surface area contributed by atoms with Gasteiger partial charge in [0.05, 0.1) is 0 Å². The molecule has 0 aromatic rings. The van der Waals surface area contributed by atoms with Gasteiger partial charge in [-0.15, -0.1) is 0 Å². The Bertz CT molecular complexity index is 313. The average molecular weight is 227 g/mol. The summed E-state index contributed by atoms with van der Waals surface area (Å²) in [7, 11) is 1.40. The molecule has 0 amide bonds. The zero-order chi connectivity index (χ0) is 12.2. The fourth-order valence-electron chi connectivity index (χ4n) is 1.81. The number of allylic oxidation sites excluding steroid dienone is 1. The second-order valence-electron chi connectivity index (χ2n) is 3.38. The van der Waals surface area contributed by atoms with Gasteiger partial charge in [-0.1, -0.05) is 6.58 Å². The van der Waals surface area contributed by atoms with E-state index < -0.39 is 17.9 Å². The van der Waals surface area contributed by atoms with E-state index in [0.29, 0.717) is 11.3 Å². The van der Waals surface area contributed by atoms with Gasteiger partial charge in [-0.3, -0.25) is 0 Å². The molecule has 5 nitrogen and oxygen atoms in total. The Hall–Kier alpha value is -1.17. The normalized spacial score (nSPS) is 34.3. The number of methoxy groups -OCH3 is 1. The van der Waals surface area contributed by atoms with Gasteiger partial charge in [0.15, 0.2) is 6.21 Å². The Morgan fingerprint density at radius 2 is 2.31 bits per heavy atom. The third kappa shape index (κ3) is 2.02. The Morgan fingerprint density at radius 1 is 1.62 bits per heavy atom. The summed E-state index contributed by atoms with van der Waals surface area (Å²) in [6.45, 7) is 5.56. The first-order valence-corrected chi connectivity index (χ1v) is 5.09. The van der Waals surface area contributed by atoms with Gasteiger partial charge >= 0.3 is 0 Å². The lowest BCUT2D eigenvalue weighted by Crippen LogP contribution is -2.54. The van der Waals surface area contributed by atoms with Gasteiger partial charge in [-0.05, 0) is 25.2 Å². The van der Waals surface area contributed by atoms with Crippen molar-refractivity contribution >= 4 is 6.21 Å². The maximum Gasteiger partial charge on any atom is 0.267 e. The molecule has 0 spiro atoms.